The number of carbonyl (C=O) groups is 1. The summed E-state index contributed by atoms with van der Waals surface area (Å²) in [6, 6.07) is 0.280. The van der Waals surface area contributed by atoms with Crippen LogP contribution in [0.15, 0.2) is 24.3 Å². The minimum absolute atomic E-state index is 0.0104. The third-order valence-corrected chi connectivity index (χ3v) is 2.97. The molecule has 1 aromatic rings. The molecule has 2 fully saturated rings. The zero-order chi connectivity index (χ0) is 24.7. The molecule has 1 heterocycles. The van der Waals surface area contributed by atoms with Gasteiger partial charge in [0.05, 0.1) is 7.03 Å². The van der Waals surface area contributed by atoms with Crippen LogP contribution in [0.25, 0.3) is 0 Å². The van der Waals surface area contributed by atoms with Crippen LogP contribution >= 0.6 is 0 Å². The van der Waals surface area contributed by atoms with Crippen LogP contribution < -0.4 is 15.4 Å². The van der Waals surface area contributed by atoms with E-state index >= 15 is 0 Å². The largest absolute Gasteiger partial charge is 0.573 e. The second-order valence-electron chi connectivity index (χ2n) is 4.57. The van der Waals surface area contributed by atoms with Gasteiger partial charge in [0.1, 0.15) is 13.2 Å². The zero-order valence-electron chi connectivity index (χ0n) is 20.9. The van der Waals surface area contributed by atoms with Crippen molar-refractivity contribution in [1.29, 1.82) is 0 Å². The topological polar surface area (TPSA) is 50.4 Å². The van der Waals surface area contributed by atoms with Crippen LogP contribution in [0.4, 0.5) is 13.2 Å². The van der Waals surface area contributed by atoms with Crippen LogP contribution in [0, 0.1) is 0 Å². The van der Waals surface area contributed by atoms with Gasteiger partial charge in [-0.05, 0) is 43.3 Å². The summed E-state index contributed by atoms with van der Waals surface area (Å²) < 4.78 is 122. The van der Waals surface area contributed by atoms with E-state index in [2.05, 4.69) is 4.74 Å². The molecule has 1 saturated heterocycles. The van der Waals surface area contributed by atoms with E-state index in [1.807, 2.05) is 0 Å². The molecule has 2 N–H and O–H groups in total. The molecule has 2 aliphatic rings. The number of rotatable bonds is 2. The Morgan fingerprint density at radius 1 is 1.36 bits per heavy atom. The van der Waals surface area contributed by atoms with Gasteiger partial charge in [-0.15, -0.1) is 13.2 Å². The van der Waals surface area contributed by atoms with E-state index in [9.17, 15) is 18.0 Å². The van der Waals surface area contributed by atoms with E-state index < -0.39 is 67.2 Å². The Hall–Kier alpha value is -1.76. The van der Waals surface area contributed by atoms with Crippen molar-refractivity contribution in [2.24, 2.45) is 0 Å². The van der Waals surface area contributed by atoms with Crippen LogP contribution in [-0.2, 0) is 4.79 Å². The molecule has 3 unspecified atom stereocenters. The first kappa shape index (κ1) is 7.21. The molecule has 22 heavy (non-hydrogen) atoms. The van der Waals surface area contributed by atoms with Crippen LogP contribution in [0.1, 0.15) is 54.5 Å². The molecule has 4 nitrogen and oxygen atoms in total. The van der Waals surface area contributed by atoms with Gasteiger partial charge in [-0.3, -0.25) is 10.1 Å². The molecule has 1 aliphatic carbocycles. The minimum atomic E-state index is -5.02. The highest BCUT2D eigenvalue weighted by molar-refractivity contribution is 5.86. The summed E-state index contributed by atoms with van der Waals surface area (Å²) in [7, 11) is 0. The van der Waals surface area contributed by atoms with E-state index in [4.69, 9.17) is 13.8 Å². The van der Waals surface area contributed by atoms with Crippen molar-refractivity contribution in [2.75, 3.05) is 0 Å². The lowest BCUT2D eigenvalue weighted by Crippen LogP contribution is -2.51. The SMILES string of the molecule is [2H]C1CC2(N([2H])C(=O)C([2H])(c3ccc(OC(F)(F)F)cc3)N2[2H])C([2H])([2H])C([2H])([2H])C1([2H])[2H]. The Morgan fingerprint density at radius 3 is 2.77 bits per heavy atom. The van der Waals surface area contributed by atoms with E-state index in [1.54, 1.807) is 0 Å². The zero-order valence-corrected chi connectivity index (χ0v) is 10.9. The van der Waals surface area contributed by atoms with E-state index in [0.29, 0.717) is 0 Å². The lowest BCUT2D eigenvalue weighted by molar-refractivity contribution is -0.274. The number of ether oxygens (including phenoxy) is 1. The van der Waals surface area contributed by atoms with Crippen molar-refractivity contribution in [3.05, 3.63) is 29.8 Å². The molecule has 1 aliphatic heterocycles. The number of nitrogens with one attached hydrogen (secondary N) is 2. The van der Waals surface area contributed by atoms with Crippen LogP contribution in [0.2, 0.25) is 2.82 Å². The monoisotopic (exact) mass is 324 g/mol. The van der Waals surface area contributed by atoms with E-state index in [0.717, 1.165) is 24.3 Å². The van der Waals surface area contributed by atoms with Crippen LogP contribution in [0.3, 0.4) is 0 Å². The molecule has 1 amide bonds. The Bertz CT molecular complexity index is 931. The highest BCUT2D eigenvalue weighted by Gasteiger charge is 2.44. The molecule has 7 heteroatoms. The Kier molecular flexibility index (Phi) is 1.79. The molecule has 3 atom stereocenters. The summed E-state index contributed by atoms with van der Waals surface area (Å²) in [6.07, 6.45) is -18.0. The van der Waals surface area contributed by atoms with Gasteiger partial charge in [0.2, 0.25) is 5.91 Å². The van der Waals surface area contributed by atoms with E-state index in [-0.39, 0.29) is 10.6 Å². The van der Waals surface area contributed by atoms with Crippen LogP contribution in [0.5, 0.6) is 5.75 Å². The van der Waals surface area contributed by atoms with Crippen molar-refractivity contribution in [3.63, 3.8) is 0 Å². The number of carbonyl (C=O) groups excluding carboxylic acids is 1. The van der Waals surface area contributed by atoms with Crippen molar-refractivity contribution in [3.8, 4) is 5.75 Å². The number of halogens is 3. The normalized spacial score (nSPS) is 50.2. The van der Waals surface area contributed by atoms with Gasteiger partial charge < -0.3 is 10.0 Å². The lowest BCUT2D eigenvalue weighted by atomic mass is 9.89. The number of benzene rings is 1. The van der Waals surface area contributed by atoms with Gasteiger partial charge in [-0.25, -0.2) is 0 Å². The number of amides is 1. The summed E-state index contributed by atoms with van der Waals surface area (Å²) >= 11 is 0. The maximum absolute atomic E-state index is 12.9. The van der Waals surface area contributed by atoms with Gasteiger partial charge in [-0.1, -0.05) is 18.5 Å². The first-order chi connectivity index (χ1) is 14.3. The second-order valence-corrected chi connectivity index (χ2v) is 4.57. The lowest BCUT2D eigenvalue weighted by Gasteiger charge is -2.33. The van der Waals surface area contributed by atoms with E-state index in [1.165, 1.54) is 0 Å². The second kappa shape index (κ2) is 5.46. The van der Waals surface area contributed by atoms with Crippen LogP contribution in [-0.4, -0.2) is 17.9 Å². The minimum Gasteiger partial charge on any atom is -0.406 e. The molecule has 0 aromatic heterocycles. The molecule has 1 saturated carbocycles. The summed E-state index contributed by atoms with van der Waals surface area (Å²) in [5.74, 6) is -2.22. The fourth-order valence-electron chi connectivity index (χ4n) is 2.06. The molecule has 1 aromatic carbocycles. The summed E-state index contributed by atoms with van der Waals surface area (Å²) in [4.78, 5) is 12.9. The molecular formula is C15H17F3N2O2. The van der Waals surface area contributed by atoms with Crippen molar-refractivity contribution < 1.29 is 36.5 Å². The van der Waals surface area contributed by atoms with Crippen molar-refractivity contribution >= 4 is 5.91 Å². The van der Waals surface area contributed by atoms with Gasteiger partial charge in [-0.2, -0.15) is 0 Å². The Morgan fingerprint density at radius 2 is 2.09 bits per heavy atom. The summed E-state index contributed by atoms with van der Waals surface area (Å²) in [5, 5.41) is -0.148. The molecular weight excluding hydrogens is 297 g/mol. The summed E-state index contributed by atoms with van der Waals surface area (Å²) in [6.45, 7) is 0. The molecule has 3 rings (SSSR count). The Labute approximate surface area is 140 Å². The molecule has 120 valence electrons. The third-order valence-electron chi connectivity index (χ3n) is 2.97. The standard InChI is InChI=1S/C15H17F3N2O2/c16-15(17,18)22-11-6-4-10(5-7-11)12-13(21)20-14(19-12)8-2-1-3-9-14/h4-7,12,19H,1-3,8-9H2,(H,20,21)/i1D2,2D,3D2,9D2,12D/hD2. The maximum atomic E-state index is 12.9. The number of hydrogen-bond donors (Lipinski definition) is 2. The number of hydrogen-bond acceptors (Lipinski definition) is 3. The van der Waals surface area contributed by atoms with Gasteiger partial charge in [0, 0.05) is 9.60 Å². The summed E-state index contributed by atoms with van der Waals surface area (Å²) in [5.41, 5.74) is -3.32. The fraction of sp³-hybridized carbons (Fsp3) is 0.533. The molecule has 1 spiro atoms. The van der Waals surface area contributed by atoms with Crippen molar-refractivity contribution in [2.45, 2.75) is 50.0 Å². The first-order valence-corrected chi connectivity index (χ1v) is 6.20. The smallest absolute Gasteiger partial charge is 0.406 e. The first-order valence-electron chi connectivity index (χ1n) is 11.2. The molecule has 0 radical (unpaired) electrons. The van der Waals surface area contributed by atoms with Gasteiger partial charge in [0.25, 0.3) is 0 Å². The van der Waals surface area contributed by atoms with Gasteiger partial charge >= 0.3 is 6.36 Å². The number of alkyl halides is 3. The maximum Gasteiger partial charge on any atom is 0.573 e. The third kappa shape index (κ3) is 3.19. The van der Waals surface area contributed by atoms with Crippen molar-refractivity contribution in [1.82, 2.24) is 10.6 Å². The predicted molar refractivity (Wildman–Crippen MR) is 73.0 cm³/mol. The highest BCUT2D eigenvalue weighted by Crippen LogP contribution is 2.34. The average Bonchev–Trinajstić information content (AvgIpc) is 2.80. The Balaban J connectivity index is 2.13. The highest BCUT2D eigenvalue weighted by atomic mass is 19.4. The molecule has 0 bridgehead atoms. The fourth-order valence-corrected chi connectivity index (χ4v) is 2.06. The average molecular weight is 324 g/mol. The van der Waals surface area contributed by atoms with Gasteiger partial charge in [0.15, 0.2) is 1.41 Å². The quantitative estimate of drug-likeness (QED) is 0.879. The predicted octanol–water partition coefficient (Wildman–Crippen LogP) is 3.01.